The van der Waals surface area contributed by atoms with Crippen LogP contribution >= 0.6 is 0 Å². The molecular formula is C32H35FN8O4. The van der Waals surface area contributed by atoms with Crippen LogP contribution in [0.4, 0.5) is 4.39 Å². The summed E-state index contributed by atoms with van der Waals surface area (Å²) in [5, 5.41) is 20.9. The van der Waals surface area contributed by atoms with E-state index in [1.54, 1.807) is 36.7 Å². The van der Waals surface area contributed by atoms with Crippen LogP contribution in [-0.2, 0) is 15.6 Å². The maximum atomic E-state index is 14.0. The number of benzene rings is 2. The smallest absolute Gasteiger partial charge is 0.257 e. The number of carbonyl (C=O) groups is 2. The van der Waals surface area contributed by atoms with Gasteiger partial charge in [0.25, 0.3) is 11.8 Å². The highest BCUT2D eigenvalue weighted by Gasteiger charge is 2.45. The van der Waals surface area contributed by atoms with Crippen molar-refractivity contribution in [2.24, 2.45) is 0 Å². The van der Waals surface area contributed by atoms with E-state index in [0.29, 0.717) is 62.4 Å². The monoisotopic (exact) mass is 614 g/mol. The van der Waals surface area contributed by atoms with E-state index < -0.39 is 16.7 Å². The first kappa shape index (κ1) is 30.3. The molecule has 2 aliphatic rings. The third-order valence-electron chi connectivity index (χ3n) is 9.49. The number of nitrogens with zero attached hydrogens (tertiary/aromatic N) is 7. The molecule has 6 rings (SSSR count). The van der Waals surface area contributed by atoms with Gasteiger partial charge in [0.2, 0.25) is 0 Å². The molecule has 2 aromatic carbocycles. The SMILES string of the molecule is COc1ccc(-n2cnnn2)cc1C(=O)N1CCC(CCN2CCC(C(=O)NO)(c3cccnc3)CC2)(c2ccc(F)cc2)C1. The molecule has 0 bridgehead atoms. The van der Waals surface area contributed by atoms with Crippen molar-refractivity contribution in [1.82, 2.24) is 40.5 Å². The third kappa shape index (κ3) is 5.88. The van der Waals surface area contributed by atoms with E-state index in [1.165, 1.54) is 30.3 Å². The summed E-state index contributed by atoms with van der Waals surface area (Å²) in [6, 6.07) is 15.5. The van der Waals surface area contributed by atoms with Gasteiger partial charge < -0.3 is 14.5 Å². The lowest BCUT2D eigenvalue weighted by molar-refractivity contribution is -0.137. The summed E-state index contributed by atoms with van der Waals surface area (Å²) in [5.74, 6) is -0.454. The normalized spacial score (nSPS) is 19.8. The Morgan fingerprint density at radius 3 is 2.51 bits per heavy atom. The number of likely N-dealkylation sites (tertiary alicyclic amines) is 2. The minimum Gasteiger partial charge on any atom is -0.496 e. The minimum atomic E-state index is -0.860. The summed E-state index contributed by atoms with van der Waals surface area (Å²) in [7, 11) is 1.53. The van der Waals surface area contributed by atoms with Gasteiger partial charge in [-0.05, 0) is 103 Å². The molecule has 4 heterocycles. The molecule has 1 atom stereocenters. The molecule has 2 saturated heterocycles. The van der Waals surface area contributed by atoms with Crippen LogP contribution in [0.2, 0.25) is 0 Å². The summed E-state index contributed by atoms with van der Waals surface area (Å²) < 4.78 is 21.0. The number of ether oxygens (including phenoxy) is 1. The number of amides is 2. The summed E-state index contributed by atoms with van der Waals surface area (Å²) in [6.45, 7) is 2.99. The van der Waals surface area contributed by atoms with Gasteiger partial charge in [-0.15, -0.1) is 5.10 Å². The Kier molecular flexibility index (Phi) is 8.55. The topological polar surface area (TPSA) is 139 Å². The summed E-state index contributed by atoms with van der Waals surface area (Å²) in [6.07, 6.45) is 7.30. The summed E-state index contributed by atoms with van der Waals surface area (Å²) in [5.41, 5.74) is 3.42. The van der Waals surface area contributed by atoms with E-state index >= 15 is 0 Å². The predicted molar refractivity (Wildman–Crippen MR) is 160 cm³/mol. The fourth-order valence-corrected chi connectivity index (χ4v) is 6.82. The molecule has 4 aromatic rings. The molecule has 0 spiro atoms. The molecule has 1 unspecified atom stereocenters. The van der Waals surface area contributed by atoms with E-state index in [9.17, 15) is 19.2 Å². The van der Waals surface area contributed by atoms with Crippen LogP contribution < -0.4 is 10.2 Å². The molecule has 234 valence electrons. The highest BCUT2D eigenvalue weighted by Crippen LogP contribution is 2.41. The summed E-state index contributed by atoms with van der Waals surface area (Å²) >= 11 is 0. The van der Waals surface area contributed by atoms with E-state index in [0.717, 1.165) is 24.1 Å². The third-order valence-corrected chi connectivity index (χ3v) is 9.49. The van der Waals surface area contributed by atoms with Gasteiger partial charge in [0.15, 0.2) is 0 Å². The first-order chi connectivity index (χ1) is 21.9. The molecule has 0 aliphatic carbocycles. The first-order valence-corrected chi connectivity index (χ1v) is 14.9. The number of nitrogens with one attached hydrogen (secondary N) is 1. The van der Waals surface area contributed by atoms with Gasteiger partial charge in [-0.2, -0.15) is 0 Å². The van der Waals surface area contributed by atoms with Crippen LogP contribution in [0, 0.1) is 5.82 Å². The van der Waals surface area contributed by atoms with Gasteiger partial charge in [0, 0.05) is 30.9 Å². The fraction of sp³-hybridized carbons (Fsp3) is 0.375. The van der Waals surface area contributed by atoms with Crippen molar-refractivity contribution in [1.29, 1.82) is 0 Å². The van der Waals surface area contributed by atoms with E-state index in [2.05, 4.69) is 25.4 Å². The quantitative estimate of drug-likeness (QED) is 0.215. The van der Waals surface area contributed by atoms with E-state index in [4.69, 9.17) is 4.74 Å². The van der Waals surface area contributed by atoms with Crippen molar-refractivity contribution in [2.75, 3.05) is 39.8 Å². The zero-order valence-corrected chi connectivity index (χ0v) is 25.0. The molecule has 2 N–H and O–H groups in total. The van der Waals surface area contributed by atoms with Crippen molar-refractivity contribution >= 4 is 11.8 Å². The Morgan fingerprint density at radius 2 is 1.84 bits per heavy atom. The summed E-state index contributed by atoms with van der Waals surface area (Å²) in [4.78, 5) is 35.2. The Balaban J connectivity index is 1.21. The van der Waals surface area contributed by atoms with Gasteiger partial charge in [0.05, 0.1) is 23.8 Å². The number of pyridine rings is 1. The molecule has 2 fully saturated rings. The lowest BCUT2D eigenvalue weighted by atomic mass is 9.72. The number of rotatable bonds is 9. The number of hydroxylamine groups is 1. The second kappa shape index (κ2) is 12.7. The molecule has 0 saturated carbocycles. The largest absolute Gasteiger partial charge is 0.496 e. The number of halogens is 1. The molecule has 0 radical (unpaired) electrons. The van der Waals surface area contributed by atoms with Crippen molar-refractivity contribution < 1.29 is 23.9 Å². The van der Waals surface area contributed by atoms with Gasteiger partial charge in [-0.1, -0.05) is 18.2 Å². The van der Waals surface area contributed by atoms with Crippen LogP contribution in [0.25, 0.3) is 5.69 Å². The van der Waals surface area contributed by atoms with Gasteiger partial charge >= 0.3 is 0 Å². The van der Waals surface area contributed by atoms with Crippen LogP contribution in [0.5, 0.6) is 5.75 Å². The van der Waals surface area contributed by atoms with Crippen LogP contribution in [0.1, 0.15) is 47.2 Å². The second-order valence-corrected chi connectivity index (χ2v) is 11.8. The molecule has 13 heteroatoms. The Bertz CT molecular complexity index is 1630. The predicted octanol–water partition coefficient (Wildman–Crippen LogP) is 2.92. The minimum absolute atomic E-state index is 0.167. The average Bonchev–Trinajstić information content (AvgIpc) is 3.79. The van der Waals surface area contributed by atoms with Crippen LogP contribution in [0.15, 0.2) is 73.3 Å². The maximum absolute atomic E-state index is 14.0. The lowest BCUT2D eigenvalue weighted by Gasteiger charge is -2.41. The number of hydrogen-bond acceptors (Lipinski definition) is 9. The van der Waals surface area contributed by atoms with E-state index in [1.807, 2.05) is 28.6 Å². The Morgan fingerprint density at radius 1 is 1.04 bits per heavy atom. The standard InChI is InChI=1S/C32H35FN8O4/c1-45-28-9-8-26(41-22-35-37-38-41)19-27(28)29(42)40-18-11-31(21-40,23-4-6-25(33)7-5-23)10-15-39-16-12-32(13-17-39,30(43)36-44)24-3-2-14-34-20-24/h2-9,14,19-20,22,44H,10-13,15-18,21H2,1H3,(H,36,43). The highest BCUT2D eigenvalue weighted by molar-refractivity contribution is 5.98. The number of methoxy groups -OCH3 is 1. The maximum Gasteiger partial charge on any atom is 0.257 e. The van der Waals surface area contributed by atoms with Gasteiger partial charge in [-0.3, -0.25) is 19.8 Å². The number of hydrogen-bond donors (Lipinski definition) is 2. The Hall–Kier alpha value is -4.75. The zero-order valence-electron chi connectivity index (χ0n) is 25.0. The molecule has 12 nitrogen and oxygen atoms in total. The van der Waals surface area contributed by atoms with Crippen LogP contribution in [0.3, 0.4) is 0 Å². The molecule has 2 amide bonds. The van der Waals surface area contributed by atoms with Crippen molar-refractivity contribution in [3.05, 3.63) is 95.8 Å². The van der Waals surface area contributed by atoms with Gasteiger partial charge in [-0.25, -0.2) is 14.6 Å². The molecule has 2 aromatic heterocycles. The number of piperidine rings is 1. The number of tetrazole rings is 1. The lowest BCUT2D eigenvalue weighted by Crippen LogP contribution is -2.51. The number of carbonyl (C=O) groups excluding carboxylic acids is 2. The van der Waals surface area contributed by atoms with E-state index in [-0.39, 0.29) is 11.7 Å². The van der Waals surface area contributed by atoms with Crippen LogP contribution in [-0.4, -0.2) is 91.8 Å². The number of aromatic nitrogens is 5. The second-order valence-electron chi connectivity index (χ2n) is 11.8. The zero-order chi connectivity index (χ0) is 31.4. The Labute approximate surface area is 259 Å². The fourth-order valence-electron chi connectivity index (χ4n) is 6.82. The van der Waals surface area contributed by atoms with Gasteiger partial charge in [0.1, 0.15) is 17.9 Å². The molecule has 45 heavy (non-hydrogen) atoms. The molecular weight excluding hydrogens is 579 g/mol. The van der Waals surface area contributed by atoms with Crippen molar-refractivity contribution in [2.45, 2.75) is 36.5 Å². The first-order valence-electron chi connectivity index (χ1n) is 14.9. The molecule has 2 aliphatic heterocycles. The highest BCUT2D eigenvalue weighted by atomic mass is 19.1. The van der Waals surface area contributed by atoms with Crippen molar-refractivity contribution in [3.63, 3.8) is 0 Å². The van der Waals surface area contributed by atoms with Crippen molar-refractivity contribution in [3.8, 4) is 11.4 Å². The average molecular weight is 615 g/mol.